The van der Waals surface area contributed by atoms with E-state index in [1.54, 1.807) is 0 Å². The number of nitrogens with zero attached hydrogens (tertiary/aromatic N) is 1. The van der Waals surface area contributed by atoms with Gasteiger partial charge in [-0.2, -0.15) is 0 Å². The molecule has 2 atom stereocenters. The van der Waals surface area contributed by atoms with Crippen LogP contribution in [0.15, 0.2) is 22.7 Å². The summed E-state index contributed by atoms with van der Waals surface area (Å²) >= 11 is 0. The van der Waals surface area contributed by atoms with Crippen LogP contribution in [0.25, 0.3) is 0 Å². The summed E-state index contributed by atoms with van der Waals surface area (Å²) in [4.78, 5) is 0. The summed E-state index contributed by atoms with van der Waals surface area (Å²) in [6, 6.07) is 4.80. The van der Waals surface area contributed by atoms with Crippen molar-refractivity contribution in [1.29, 1.82) is 0 Å². The molecular formula is C18H26N2O. The Balaban J connectivity index is 2.03. The van der Waals surface area contributed by atoms with Crippen molar-refractivity contribution in [3.8, 4) is 0 Å². The Kier molecular flexibility index (Phi) is 3.28. The van der Waals surface area contributed by atoms with Crippen LogP contribution in [0, 0.1) is 19.3 Å². The molecule has 2 N–H and O–H groups in total. The zero-order valence-corrected chi connectivity index (χ0v) is 13.7. The smallest absolute Gasteiger partial charge is 0.106 e. The highest BCUT2D eigenvalue weighted by Gasteiger charge is 2.33. The van der Waals surface area contributed by atoms with Gasteiger partial charge in [0.05, 0.1) is 6.04 Å². The van der Waals surface area contributed by atoms with Crippen LogP contribution >= 0.6 is 0 Å². The molecule has 3 rings (SSSR count). The third-order valence-corrected chi connectivity index (χ3v) is 4.82. The minimum absolute atomic E-state index is 0.157. The van der Waals surface area contributed by atoms with Crippen molar-refractivity contribution in [1.82, 2.24) is 4.57 Å². The third kappa shape index (κ3) is 2.44. The first-order valence-corrected chi connectivity index (χ1v) is 7.80. The van der Waals surface area contributed by atoms with Crippen molar-refractivity contribution in [3.05, 3.63) is 46.7 Å². The maximum atomic E-state index is 6.38. The molecule has 1 aliphatic rings. The van der Waals surface area contributed by atoms with E-state index in [-0.39, 0.29) is 17.5 Å². The van der Waals surface area contributed by atoms with Crippen molar-refractivity contribution < 1.29 is 4.42 Å². The summed E-state index contributed by atoms with van der Waals surface area (Å²) in [7, 11) is 0. The zero-order valence-electron chi connectivity index (χ0n) is 13.7. The van der Waals surface area contributed by atoms with Gasteiger partial charge in [-0.05, 0) is 56.7 Å². The van der Waals surface area contributed by atoms with Crippen LogP contribution in [0.5, 0.6) is 0 Å². The number of hydrogen-bond donors (Lipinski definition) is 1. The molecular weight excluding hydrogens is 260 g/mol. The fourth-order valence-electron chi connectivity index (χ4n) is 3.84. The first kappa shape index (κ1) is 14.5. The van der Waals surface area contributed by atoms with Crippen LogP contribution < -0.4 is 5.73 Å². The number of rotatable bonds is 2. The molecule has 3 heteroatoms. The molecule has 0 radical (unpaired) electrons. The molecule has 2 aromatic heterocycles. The average molecular weight is 286 g/mol. The second-order valence-corrected chi connectivity index (χ2v) is 7.32. The Bertz CT molecular complexity index is 663. The molecule has 114 valence electrons. The lowest BCUT2D eigenvalue weighted by Crippen LogP contribution is -2.31. The molecule has 1 aliphatic carbocycles. The van der Waals surface area contributed by atoms with E-state index >= 15 is 0 Å². The van der Waals surface area contributed by atoms with Gasteiger partial charge in [-0.25, -0.2) is 0 Å². The summed E-state index contributed by atoms with van der Waals surface area (Å²) in [5, 5.41) is 0. The summed E-state index contributed by atoms with van der Waals surface area (Å²) < 4.78 is 8.08. The van der Waals surface area contributed by atoms with Gasteiger partial charge < -0.3 is 14.7 Å². The van der Waals surface area contributed by atoms with E-state index in [1.807, 2.05) is 13.8 Å². The average Bonchev–Trinajstić information content (AvgIpc) is 2.90. The number of aryl methyl sites for hydroxylation is 2. The zero-order chi connectivity index (χ0) is 15.4. The molecule has 0 aromatic carbocycles. The van der Waals surface area contributed by atoms with Crippen LogP contribution in [-0.4, -0.2) is 4.57 Å². The first-order valence-electron chi connectivity index (χ1n) is 7.80. The minimum Gasteiger partial charge on any atom is -0.466 e. The van der Waals surface area contributed by atoms with Gasteiger partial charge in [0.1, 0.15) is 11.5 Å². The van der Waals surface area contributed by atoms with E-state index in [9.17, 15) is 0 Å². The lowest BCUT2D eigenvalue weighted by molar-refractivity contribution is 0.274. The van der Waals surface area contributed by atoms with Gasteiger partial charge in [0, 0.05) is 23.5 Å². The van der Waals surface area contributed by atoms with Gasteiger partial charge in [-0.15, -0.1) is 0 Å². The molecule has 0 bridgehead atoms. The van der Waals surface area contributed by atoms with Gasteiger partial charge in [0.2, 0.25) is 0 Å². The molecule has 0 amide bonds. The highest BCUT2D eigenvalue weighted by atomic mass is 16.3. The number of hydrogen-bond acceptors (Lipinski definition) is 2. The van der Waals surface area contributed by atoms with E-state index < -0.39 is 0 Å². The van der Waals surface area contributed by atoms with Gasteiger partial charge in [-0.3, -0.25) is 0 Å². The maximum Gasteiger partial charge on any atom is 0.106 e. The molecule has 0 saturated carbocycles. The molecule has 2 aromatic rings. The molecule has 3 nitrogen and oxygen atoms in total. The summed E-state index contributed by atoms with van der Waals surface area (Å²) in [5.74, 6) is 1.99. The number of aromatic nitrogens is 1. The predicted molar refractivity (Wildman–Crippen MR) is 85.5 cm³/mol. The second-order valence-electron chi connectivity index (χ2n) is 7.32. The van der Waals surface area contributed by atoms with Crippen molar-refractivity contribution >= 4 is 0 Å². The number of fused-ring (bicyclic) bond motifs is 1. The Labute approximate surface area is 127 Å². The Morgan fingerprint density at radius 3 is 2.71 bits per heavy atom. The van der Waals surface area contributed by atoms with E-state index in [4.69, 9.17) is 10.2 Å². The Morgan fingerprint density at radius 2 is 2.10 bits per heavy atom. The van der Waals surface area contributed by atoms with Gasteiger partial charge in [-0.1, -0.05) is 13.8 Å². The Hall–Kier alpha value is -1.48. The molecule has 0 saturated heterocycles. The second kappa shape index (κ2) is 4.77. The van der Waals surface area contributed by atoms with Crippen LogP contribution in [-0.2, 0) is 6.42 Å². The largest absolute Gasteiger partial charge is 0.466 e. The number of furan rings is 1. The lowest BCUT2D eigenvalue weighted by Gasteiger charge is -2.35. The van der Waals surface area contributed by atoms with Crippen molar-refractivity contribution in [2.75, 3.05) is 0 Å². The highest BCUT2D eigenvalue weighted by molar-refractivity contribution is 5.33. The van der Waals surface area contributed by atoms with Crippen LogP contribution in [0.2, 0.25) is 0 Å². The topological polar surface area (TPSA) is 44.1 Å². The van der Waals surface area contributed by atoms with Crippen molar-refractivity contribution in [2.24, 2.45) is 11.1 Å². The number of nitrogens with two attached hydrogens (primary N) is 1. The Morgan fingerprint density at radius 1 is 1.38 bits per heavy atom. The standard InChI is InChI=1S/C18H26N2O/c1-11-8-15(13(3)21-11)12(2)20-7-6-14-16(19)9-18(4,5)10-17(14)20/h6-8,12,16H,9-10,19H2,1-5H3. The third-order valence-electron chi connectivity index (χ3n) is 4.82. The van der Waals surface area contributed by atoms with Crippen LogP contribution in [0.1, 0.15) is 67.6 Å². The predicted octanol–water partition coefficient (Wildman–Crippen LogP) is 4.28. The van der Waals surface area contributed by atoms with Gasteiger partial charge >= 0.3 is 0 Å². The van der Waals surface area contributed by atoms with E-state index in [0.29, 0.717) is 0 Å². The van der Waals surface area contributed by atoms with E-state index in [2.05, 4.69) is 43.7 Å². The quantitative estimate of drug-likeness (QED) is 0.895. The minimum atomic E-state index is 0.157. The van der Waals surface area contributed by atoms with E-state index in [0.717, 1.165) is 24.4 Å². The van der Waals surface area contributed by atoms with Crippen molar-refractivity contribution in [3.63, 3.8) is 0 Å². The highest BCUT2D eigenvalue weighted by Crippen LogP contribution is 2.41. The molecule has 0 spiro atoms. The maximum absolute atomic E-state index is 6.38. The SMILES string of the molecule is Cc1cc(C(C)n2ccc3c2CC(C)(C)CC3N)c(C)o1. The van der Waals surface area contributed by atoms with Gasteiger partial charge in [0.15, 0.2) is 0 Å². The fraction of sp³-hybridized carbons (Fsp3) is 0.556. The summed E-state index contributed by atoms with van der Waals surface area (Å²) in [6.45, 7) is 10.9. The molecule has 21 heavy (non-hydrogen) atoms. The molecule has 0 fully saturated rings. The van der Waals surface area contributed by atoms with Crippen molar-refractivity contribution in [2.45, 2.75) is 59.5 Å². The van der Waals surface area contributed by atoms with Crippen LogP contribution in [0.4, 0.5) is 0 Å². The molecule has 2 heterocycles. The van der Waals surface area contributed by atoms with E-state index in [1.165, 1.54) is 16.8 Å². The summed E-state index contributed by atoms with van der Waals surface area (Å²) in [6.07, 6.45) is 4.34. The van der Waals surface area contributed by atoms with Crippen LogP contribution in [0.3, 0.4) is 0 Å². The molecule has 0 aliphatic heterocycles. The fourth-order valence-corrected chi connectivity index (χ4v) is 3.84. The first-order chi connectivity index (χ1) is 9.78. The monoisotopic (exact) mass is 286 g/mol. The lowest BCUT2D eigenvalue weighted by atomic mass is 9.74. The molecule has 2 unspecified atom stereocenters. The normalized spacial score (nSPS) is 22.1. The summed E-state index contributed by atoms with van der Waals surface area (Å²) in [5.41, 5.74) is 10.6. The van der Waals surface area contributed by atoms with Gasteiger partial charge in [0.25, 0.3) is 0 Å².